The Balaban J connectivity index is 1.91. The zero-order valence-electron chi connectivity index (χ0n) is 13.0. The summed E-state index contributed by atoms with van der Waals surface area (Å²) in [4.78, 5) is 17.1. The van der Waals surface area contributed by atoms with E-state index in [1.54, 1.807) is 18.2 Å². The molecule has 2 aromatic heterocycles. The number of nitrogens with one attached hydrogen (secondary N) is 1. The van der Waals surface area contributed by atoms with Crippen molar-refractivity contribution in [2.24, 2.45) is 0 Å². The molecule has 0 aliphatic heterocycles. The van der Waals surface area contributed by atoms with Crippen molar-refractivity contribution in [3.8, 4) is 22.7 Å². The molecule has 0 amide bonds. The van der Waals surface area contributed by atoms with Gasteiger partial charge >= 0.3 is 0 Å². The van der Waals surface area contributed by atoms with E-state index in [-0.39, 0.29) is 11.3 Å². The summed E-state index contributed by atoms with van der Waals surface area (Å²) in [7, 11) is 0. The highest BCUT2D eigenvalue weighted by molar-refractivity contribution is 5.79. The van der Waals surface area contributed by atoms with Crippen molar-refractivity contribution in [1.29, 1.82) is 0 Å². The fraction of sp³-hybridized carbons (Fsp3) is 0.0526. The summed E-state index contributed by atoms with van der Waals surface area (Å²) in [6, 6.07) is 18.2. The van der Waals surface area contributed by atoms with Crippen LogP contribution in [-0.4, -0.2) is 19.9 Å². The zero-order valence-corrected chi connectivity index (χ0v) is 13.0. The van der Waals surface area contributed by atoms with Gasteiger partial charge in [-0.15, -0.1) is 0 Å². The Hall–Kier alpha value is -3.34. The normalized spacial score (nSPS) is 11.0. The number of phenols is 1. The van der Waals surface area contributed by atoms with E-state index in [0.29, 0.717) is 22.3 Å². The van der Waals surface area contributed by atoms with Gasteiger partial charge in [-0.05, 0) is 43.3 Å². The number of hydrogen-bond acceptors (Lipinski definition) is 3. The summed E-state index contributed by atoms with van der Waals surface area (Å²) in [5, 5.41) is 13.6. The number of para-hydroxylation sites is 1. The smallest absolute Gasteiger partial charge is 0.280 e. The van der Waals surface area contributed by atoms with Crippen molar-refractivity contribution in [3.63, 3.8) is 0 Å². The van der Waals surface area contributed by atoms with Crippen LogP contribution in [0.4, 0.5) is 0 Å². The summed E-state index contributed by atoms with van der Waals surface area (Å²) in [5.41, 5.74) is 3.38. The molecule has 4 aromatic rings. The minimum absolute atomic E-state index is 0.149. The highest BCUT2D eigenvalue weighted by Crippen LogP contribution is 2.29. The van der Waals surface area contributed by atoms with E-state index in [0.717, 1.165) is 11.3 Å². The molecule has 0 unspecified atom stereocenters. The molecule has 24 heavy (non-hydrogen) atoms. The lowest BCUT2D eigenvalue weighted by Gasteiger charge is -2.05. The summed E-state index contributed by atoms with van der Waals surface area (Å²) in [6.07, 6.45) is 0. The number of aryl methyl sites for hydroxylation is 1. The van der Waals surface area contributed by atoms with Gasteiger partial charge in [0.05, 0.1) is 16.8 Å². The second-order valence-electron chi connectivity index (χ2n) is 5.70. The van der Waals surface area contributed by atoms with Crippen LogP contribution in [0.1, 0.15) is 5.56 Å². The lowest BCUT2D eigenvalue weighted by molar-refractivity contribution is 0.477. The number of fused-ring (bicyclic) bond motifs is 1. The molecular formula is C19H15N3O2. The summed E-state index contributed by atoms with van der Waals surface area (Å²) in [5.74, 6) is 0.164. The Kier molecular flexibility index (Phi) is 3.20. The minimum atomic E-state index is -0.149. The first kappa shape index (κ1) is 14.3. The first-order valence-corrected chi connectivity index (χ1v) is 7.61. The van der Waals surface area contributed by atoms with Crippen LogP contribution in [-0.2, 0) is 0 Å². The molecule has 0 fully saturated rings. The molecule has 0 radical (unpaired) electrons. The van der Waals surface area contributed by atoms with E-state index in [9.17, 15) is 9.90 Å². The molecule has 0 aliphatic carbocycles. The van der Waals surface area contributed by atoms with Gasteiger partial charge in [0.15, 0.2) is 5.65 Å². The third-order valence-corrected chi connectivity index (χ3v) is 3.99. The minimum Gasteiger partial charge on any atom is -0.507 e. The number of H-pyrrole nitrogens is 1. The molecule has 0 bridgehead atoms. The van der Waals surface area contributed by atoms with Crippen LogP contribution >= 0.6 is 0 Å². The van der Waals surface area contributed by atoms with Crippen LogP contribution in [0.2, 0.25) is 0 Å². The van der Waals surface area contributed by atoms with Crippen LogP contribution in [0.5, 0.6) is 5.75 Å². The Morgan fingerprint density at radius 3 is 2.62 bits per heavy atom. The van der Waals surface area contributed by atoms with E-state index in [1.165, 1.54) is 4.68 Å². The lowest BCUT2D eigenvalue weighted by Crippen LogP contribution is -2.13. The molecule has 0 atom stereocenters. The van der Waals surface area contributed by atoms with Crippen LogP contribution in [0.3, 0.4) is 0 Å². The van der Waals surface area contributed by atoms with Crippen LogP contribution < -0.4 is 5.56 Å². The predicted molar refractivity (Wildman–Crippen MR) is 93.5 cm³/mol. The van der Waals surface area contributed by atoms with Gasteiger partial charge in [-0.3, -0.25) is 9.89 Å². The van der Waals surface area contributed by atoms with Gasteiger partial charge in [0.25, 0.3) is 5.56 Å². The standard InChI is InChI=1S/C19H15N3O2/c1-12-7-10-17(23)15(11-12)16-9-8-14-18(20-16)21-22(19(14)24)13-5-3-2-4-6-13/h2-11,23H,1H3,(H,20,21). The van der Waals surface area contributed by atoms with Gasteiger partial charge in [-0.1, -0.05) is 29.8 Å². The maximum atomic E-state index is 12.5. The average Bonchev–Trinajstić information content (AvgIpc) is 2.94. The van der Waals surface area contributed by atoms with Gasteiger partial charge in [-0.25, -0.2) is 9.67 Å². The van der Waals surface area contributed by atoms with Crippen LogP contribution in [0.15, 0.2) is 65.5 Å². The van der Waals surface area contributed by atoms with Gasteiger partial charge in [0.1, 0.15) is 5.75 Å². The monoisotopic (exact) mass is 317 g/mol. The number of aromatic hydroxyl groups is 1. The van der Waals surface area contributed by atoms with E-state index in [2.05, 4.69) is 10.1 Å². The first-order chi connectivity index (χ1) is 11.6. The molecule has 2 N–H and O–H groups in total. The first-order valence-electron chi connectivity index (χ1n) is 7.61. The molecule has 0 spiro atoms. The fourth-order valence-electron chi connectivity index (χ4n) is 2.76. The van der Waals surface area contributed by atoms with E-state index in [1.807, 2.05) is 49.4 Å². The van der Waals surface area contributed by atoms with Crippen molar-refractivity contribution >= 4 is 11.0 Å². The number of hydrogen-bond donors (Lipinski definition) is 2. The van der Waals surface area contributed by atoms with Gasteiger partial charge in [0.2, 0.25) is 0 Å². The average molecular weight is 317 g/mol. The maximum absolute atomic E-state index is 12.5. The number of rotatable bonds is 2. The molecule has 5 nitrogen and oxygen atoms in total. The number of aromatic nitrogens is 3. The van der Waals surface area contributed by atoms with Crippen LogP contribution in [0.25, 0.3) is 28.0 Å². The van der Waals surface area contributed by atoms with E-state index < -0.39 is 0 Å². The predicted octanol–water partition coefficient (Wildman–Crippen LogP) is 3.39. The van der Waals surface area contributed by atoms with E-state index >= 15 is 0 Å². The molecule has 0 aliphatic rings. The molecule has 2 heterocycles. The number of phenolic OH excluding ortho intramolecular Hbond substituents is 1. The number of pyridine rings is 1. The molecule has 118 valence electrons. The summed E-state index contributed by atoms with van der Waals surface area (Å²) in [6.45, 7) is 1.95. The Labute approximate surface area is 137 Å². The van der Waals surface area contributed by atoms with Crippen molar-refractivity contribution in [2.75, 3.05) is 0 Å². The van der Waals surface area contributed by atoms with Gasteiger partial charge in [-0.2, -0.15) is 0 Å². The Bertz CT molecular complexity index is 1090. The van der Waals surface area contributed by atoms with Crippen molar-refractivity contribution in [1.82, 2.24) is 14.8 Å². The SMILES string of the molecule is Cc1ccc(O)c(-c2ccc3c(=O)n(-c4ccccc4)[nH]c3n2)c1. The van der Waals surface area contributed by atoms with Gasteiger partial charge in [0, 0.05) is 5.56 Å². The van der Waals surface area contributed by atoms with Crippen molar-refractivity contribution < 1.29 is 5.11 Å². The quantitative estimate of drug-likeness (QED) is 0.595. The van der Waals surface area contributed by atoms with Crippen molar-refractivity contribution in [2.45, 2.75) is 6.92 Å². The molecule has 2 aromatic carbocycles. The summed E-state index contributed by atoms with van der Waals surface area (Å²) < 4.78 is 1.47. The second kappa shape index (κ2) is 5.38. The molecule has 0 saturated carbocycles. The fourth-order valence-corrected chi connectivity index (χ4v) is 2.76. The molecule has 4 rings (SSSR count). The zero-order chi connectivity index (χ0) is 16.7. The molecule has 0 saturated heterocycles. The van der Waals surface area contributed by atoms with E-state index in [4.69, 9.17) is 0 Å². The topological polar surface area (TPSA) is 70.9 Å². The highest BCUT2D eigenvalue weighted by atomic mass is 16.3. The van der Waals surface area contributed by atoms with Crippen molar-refractivity contribution in [3.05, 3.63) is 76.6 Å². The third-order valence-electron chi connectivity index (χ3n) is 3.99. The largest absolute Gasteiger partial charge is 0.507 e. The molecular weight excluding hydrogens is 302 g/mol. The third kappa shape index (κ3) is 2.27. The highest BCUT2D eigenvalue weighted by Gasteiger charge is 2.12. The number of nitrogens with zero attached hydrogens (tertiary/aromatic N) is 2. The van der Waals surface area contributed by atoms with Gasteiger partial charge < -0.3 is 5.11 Å². The maximum Gasteiger partial charge on any atom is 0.280 e. The summed E-state index contributed by atoms with van der Waals surface area (Å²) >= 11 is 0. The molecule has 5 heteroatoms. The second-order valence-corrected chi connectivity index (χ2v) is 5.70. The number of benzene rings is 2. The Morgan fingerprint density at radius 1 is 1.04 bits per heavy atom. The Morgan fingerprint density at radius 2 is 1.83 bits per heavy atom. The lowest BCUT2D eigenvalue weighted by atomic mass is 10.1. The number of aromatic amines is 1. The van der Waals surface area contributed by atoms with Crippen LogP contribution in [0, 0.1) is 6.92 Å².